The van der Waals surface area contributed by atoms with Crippen molar-refractivity contribution >= 4 is 11.6 Å². The molecule has 3 rings (SSSR count). The standard InChI is InChI=1S/C17H22ClN3/c1-3-8-21-11-17(12(2)20-21)16-7-4-14(18)9-13(16)10-19-15-5-6-15/h4,7,9,11,15,19H,3,5-6,8,10H2,1-2H3. The van der Waals surface area contributed by atoms with Crippen molar-refractivity contribution in [3.05, 3.63) is 40.7 Å². The highest BCUT2D eigenvalue weighted by Crippen LogP contribution is 2.29. The van der Waals surface area contributed by atoms with Crippen LogP contribution in [0.3, 0.4) is 0 Å². The van der Waals surface area contributed by atoms with E-state index in [2.05, 4.69) is 42.6 Å². The van der Waals surface area contributed by atoms with Crippen LogP contribution < -0.4 is 5.32 Å². The lowest BCUT2D eigenvalue weighted by molar-refractivity contribution is 0.598. The van der Waals surface area contributed by atoms with E-state index in [-0.39, 0.29) is 0 Å². The molecular formula is C17H22ClN3. The molecule has 0 radical (unpaired) electrons. The molecule has 3 nitrogen and oxygen atoms in total. The summed E-state index contributed by atoms with van der Waals surface area (Å²) < 4.78 is 2.04. The van der Waals surface area contributed by atoms with Gasteiger partial charge in [-0.1, -0.05) is 24.6 Å². The molecule has 0 atom stereocenters. The number of aryl methyl sites for hydroxylation is 2. The van der Waals surface area contributed by atoms with E-state index in [9.17, 15) is 0 Å². The molecule has 1 aliphatic carbocycles. The molecule has 1 N–H and O–H groups in total. The van der Waals surface area contributed by atoms with Crippen molar-refractivity contribution in [2.45, 2.75) is 52.2 Å². The van der Waals surface area contributed by atoms with Gasteiger partial charge in [0.25, 0.3) is 0 Å². The monoisotopic (exact) mass is 303 g/mol. The van der Waals surface area contributed by atoms with Gasteiger partial charge in [-0.05, 0) is 49.4 Å². The fourth-order valence-corrected chi connectivity index (χ4v) is 2.83. The summed E-state index contributed by atoms with van der Waals surface area (Å²) in [5, 5.41) is 8.98. The summed E-state index contributed by atoms with van der Waals surface area (Å²) in [6, 6.07) is 6.85. The highest BCUT2D eigenvalue weighted by Gasteiger charge is 2.21. The second-order valence-corrected chi connectivity index (χ2v) is 6.28. The van der Waals surface area contributed by atoms with E-state index < -0.39 is 0 Å². The summed E-state index contributed by atoms with van der Waals surface area (Å²) in [4.78, 5) is 0. The van der Waals surface area contributed by atoms with E-state index in [1.54, 1.807) is 0 Å². The molecule has 0 amide bonds. The van der Waals surface area contributed by atoms with E-state index in [1.807, 2.05) is 10.7 Å². The lowest BCUT2D eigenvalue weighted by Crippen LogP contribution is -2.15. The quantitative estimate of drug-likeness (QED) is 0.868. The third-order valence-electron chi connectivity index (χ3n) is 3.92. The average molecular weight is 304 g/mol. The smallest absolute Gasteiger partial charge is 0.0672 e. The predicted octanol–water partition coefficient (Wildman–Crippen LogP) is 4.17. The predicted molar refractivity (Wildman–Crippen MR) is 87.6 cm³/mol. The van der Waals surface area contributed by atoms with Crippen molar-refractivity contribution in [3.8, 4) is 11.1 Å². The molecule has 21 heavy (non-hydrogen) atoms. The summed E-state index contributed by atoms with van der Waals surface area (Å²) >= 11 is 6.18. The van der Waals surface area contributed by atoms with E-state index in [0.29, 0.717) is 6.04 Å². The van der Waals surface area contributed by atoms with E-state index in [1.165, 1.54) is 29.5 Å². The Balaban J connectivity index is 1.92. The second kappa shape index (κ2) is 6.20. The van der Waals surface area contributed by atoms with Crippen molar-refractivity contribution in [1.29, 1.82) is 0 Å². The van der Waals surface area contributed by atoms with Gasteiger partial charge in [-0.15, -0.1) is 0 Å². The Morgan fingerprint density at radius 3 is 2.86 bits per heavy atom. The summed E-state index contributed by atoms with van der Waals surface area (Å²) in [6.45, 7) is 6.08. The van der Waals surface area contributed by atoms with Crippen molar-refractivity contribution < 1.29 is 0 Å². The van der Waals surface area contributed by atoms with Crippen molar-refractivity contribution in [1.82, 2.24) is 15.1 Å². The molecule has 0 aliphatic heterocycles. The van der Waals surface area contributed by atoms with E-state index >= 15 is 0 Å². The molecule has 1 saturated carbocycles. The van der Waals surface area contributed by atoms with Crippen LogP contribution in [0, 0.1) is 6.92 Å². The molecule has 1 fully saturated rings. The minimum atomic E-state index is 0.695. The van der Waals surface area contributed by atoms with Crippen LogP contribution in [-0.4, -0.2) is 15.8 Å². The Morgan fingerprint density at radius 2 is 2.14 bits per heavy atom. The topological polar surface area (TPSA) is 29.9 Å². The second-order valence-electron chi connectivity index (χ2n) is 5.85. The third kappa shape index (κ3) is 3.47. The van der Waals surface area contributed by atoms with Gasteiger partial charge < -0.3 is 5.32 Å². The van der Waals surface area contributed by atoms with Crippen LogP contribution in [0.2, 0.25) is 5.02 Å². The molecule has 0 unspecified atom stereocenters. The van der Waals surface area contributed by atoms with Gasteiger partial charge in [0.2, 0.25) is 0 Å². The van der Waals surface area contributed by atoms with Gasteiger partial charge in [0.1, 0.15) is 0 Å². The van der Waals surface area contributed by atoms with Crippen LogP contribution in [0.1, 0.15) is 37.4 Å². The lowest BCUT2D eigenvalue weighted by Gasteiger charge is -2.10. The Kier molecular flexibility index (Phi) is 4.32. The number of nitrogens with one attached hydrogen (secondary N) is 1. The average Bonchev–Trinajstić information content (AvgIpc) is 3.21. The zero-order chi connectivity index (χ0) is 14.8. The first kappa shape index (κ1) is 14.6. The minimum Gasteiger partial charge on any atom is -0.310 e. The molecule has 1 aliphatic rings. The maximum Gasteiger partial charge on any atom is 0.0672 e. The Hall–Kier alpha value is -1.32. The van der Waals surface area contributed by atoms with Crippen LogP contribution in [-0.2, 0) is 13.1 Å². The molecule has 2 aromatic rings. The fraction of sp³-hybridized carbons (Fsp3) is 0.471. The Morgan fingerprint density at radius 1 is 1.33 bits per heavy atom. The summed E-state index contributed by atoms with van der Waals surface area (Å²) in [7, 11) is 0. The zero-order valence-electron chi connectivity index (χ0n) is 12.7. The number of aromatic nitrogens is 2. The Labute approximate surface area is 131 Å². The number of rotatable bonds is 6. The van der Waals surface area contributed by atoms with Crippen LogP contribution in [0.15, 0.2) is 24.4 Å². The van der Waals surface area contributed by atoms with Gasteiger partial charge in [0.15, 0.2) is 0 Å². The van der Waals surface area contributed by atoms with E-state index in [0.717, 1.165) is 30.2 Å². The first-order valence-electron chi connectivity index (χ1n) is 7.73. The molecule has 1 aromatic heterocycles. The first-order chi connectivity index (χ1) is 10.2. The summed E-state index contributed by atoms with van der Waals surface area (Å²) in [5.41, 5.74) is 4.80. The molecule has 1 aromatic carbocycles. The molecule has 1 heterocycles. The van der Waals surface area contributed by atoms with Gasteiger partial charge in [-0.3, -0.25) is 4.68 Å². The van der Waals surface area contributed by atoms with Crippen molar-refractivity contribution in [3.63, 3.8) is 0 Å². The largest absolute Gasteiger partial charge is 0.310 e. The first-order valence-corrected chi connectivity index (χ1v) is 8.11. The van der Waals surface area contributed by atoms with Gasteiger partial charge in [-0.2, -0.15) is 5.10 Å². The van der Waals surface area contributed by atoms with Gasteiger partial charge in [-0.25, -0.2) is 0 Å². The fourth-order valence-electron chi connectivity index (χ4n) is 2.64. The molecule has 0 spiro atoms. The maximum atomic E-state index is 6.18. The van der Waals surface area contributed by atoms with Gasteiger partial charge in [0, 0.05) is 35.9 Å². The number of hydrogen-bond donors (Lipinski definition) is 1. The van der Waals surface area contributed by atoms with Gasteiger partial charge >= 0.3 is 0 Å². The molecule has 112 valence electrons. The highest BCUT2D eigenvalue weighted by molar-refractivity contribution is 6.30. The maximum absolute atomic E-state index is 6.18. The molecule has 4 heteroatoms. The van der Waals surface area contributed by atoms with Crippen LogP contribution in [0.25, 0.3) is 11.1 Å². The number of benzene rings is 1. The molecular weight excluding hydrogens is 282 g/mol. The summed E-state index contributed by atoms with van der Waals surface area (Å²) in [5.74, 6) is 0. The van der Waals surface area contributed by atoms with Crippen LogP contribution in [0.5, 0.6) is 0 Å². The molecule has 0 bridgehead atoms. The SMILES string of the molecule is CCCn1cc(-c2ccc(Cl)cc2CNC2CC2)c(C)n1. The zero-order valence-corrected chi connectivity index (χ0v) is 13.5. The number of hydrogen-bond acceptors (Lipinski definition) is 2. The van der Waals surface area contributed by atoms with Gasteiger partial charge in [0.05, 0.1) is 5.69 Å². The van der Waals surface area contributed by atoms with E-state index in [4.69, 9.17) is 11.6 Å². The molecule has 0 saturated heterocycles. The summed E-state index contributed by atoms with van der Waals surface area (Å²) in [6.07, 6.45) is 5.84. The highest BCUT2D eigenvalue weighted by atomic mass is 35.5. The third-order valence-corrected chi connectivity index (χ3v) is 4.15. The number of halogens is 1. The minimum absolute atomic E-state index is 0.695. The van der Waals surface area contributed by atoms with Crippen LogP contribution in [0.4, 0.5) is 0 Å². The normalized spacial score (nSPS) is 14.6. The van der Waals surface area contributed by atoms with Crippen molar-refractivity contribution in [2.24, 2.45) is 0 Å². The van der Waals surface area contributed by atoms with Crippen molar-refractivity contribution in [2.75, 3.05) is 0 Å². The Bertz CT molecular complexity index is 629. The lowest BCUT2D eigenvalue weighted by atomic mass is 10.0. The number of nitrogens with zero attached hydrogens (tertiary/aromatic N) is 2. The van der Waals surface area contributed by atoms with Crippen LogP contribution >= 0.6 is 11.6 Å².